The molecule has 3 nitrogen and oxygen atoms in total. The van der Waals surface area contributed by atoms with Gasteiger partial charge in [0, 0.05) is 23.0 Å². The number of rotatable bonds is 3. The van der Waals surface area contributed by atoms with Gasteiger partial charge in [-0.25, -0.2) is 9.98 Å². The van der Waals surface area contributed by atoms with Crippen LogP contribution in [0.3, 0.4) is 0 Å². The minimum absolute atomic E-state index is 0.367. The van der Waals surface area contributed by atoms with Crippen molar-refractivity contribution in [2.45, 2.75) is 6.92 Å². The summed E-state index contributed by atoms with van der Waals surface area (Å²) in [7, 11) is 0. The van der Waals surface area contributed by atoms with Crippen molar-refractivity contribution in [2.75, 3.05) is 5.73 Å². The van der Waals surface area contributed by atoms with Crippen LogP contribution in [0.2, 0.25) is 5.15 Å². The third kappa shape index (κ3) is 3.41. The first-order chi connectivity index (χ1) is 11.1. The van der Waals surface area contributed by atoms with E-state index >= 15 is 0 Å². The van der Waals surface area contributed by atoms with Crippen LogP contribution in [0.25, 0.3) is 0 Å². The Morgan fingerprint density at radius 3 is 2.52 bits per heavy atom. The minimum Gasteiger partial charge on any atom is -0.398 e. The normalized spacial score (nSPS) is 11.5. The molecule has 0 fully saturated rings. The Labute approximate surface area is 140 Å². The number of hydrogen-bond acceptors (Lipinski definition) is 3. The summed E-state index contributed by atoms with van der Waals surface area (Å²) in [6.45, 7) is 2.01. The molecule has 4 heteroatoms. The summed E-state index contributed by atoms with van der Waals surface area (Å²) in [5.74, 6) is 0. The Hall–Kier alpha value is -2.65. The van der Waals surface area contributed by atoms with Gasteiger partial charge < -0.3 is 5.73 Å². The summed E-state index contributed by atoms with van der Waals surface area (Å²) in [4.78, 5) is 8.81. The molecule has 0 atom stereocenters. The number of halogens is 1. The number of nitrogens with zero attached hydrogens (tertiary/aromatic N) is 2. The smallest absolute Gasteiger partial charge is 0.154 e. The molecule has 1 heterocycles. The van der Waals surface area contributed by atoms with Gasteiger partial charge in [-0.3, -0.25) is 0 Å². The van der Waals surface area contributed by atoms with E-state index in [1.807, 2.05) is 67.6 Å². The van der Waals surface area contributed by atoms with Crippen LogP contribution in [0.4, 0.5) is 11.4 Å². The summed E-state index contributed by atoms with van der Waals surface area (Å²) >= 11 is 6.16. The van der Waals surface area contributed by atoms with Gasteiger partial charge in [0.05, 0.1) is 5.71 Å². The van der Waals surface area contributed by atoms with Gasteiger partial charge in [0.15, 0.2) is 5.15 Å². The van der Waals surface area contributed by atoms with Gasteiger partial charge in [0.2, 0.25) is 0 Å². The third-order valence-electron chi connectivity index (χ3n) is 3.48. The maximum Gasteiger partial charge on any atom is 0.154 e. The Balaban J connectivity index is 2.21. The average Bonchev–Trinajstić information content (AvgIpc) is 2.56. The van der Waals surface area contributed by atoms with Crippen LogP contribution in [0.15, 0.2) is 71.9 Å². The highest BCUT2D eigenvalue weighted by atomic mass is 35.5. The van der Waals surface area contributed by atoms with Crippen LogP contribution in [-0.4, -0.2) is 10.7 Å². The van der Waals surface area contributed by atoms with E-state index in [1.165, 1.54) is 0 Å². The first kappa shape index (κ1) is 15.3. The van der Waals surface area contributed by atoms with E-state index in [1.54, 1.807) is 6.20 Å². The molecule has 0 aliphatic carbocycles. The molecule has 0 aliphatic heterocycles. The zero-order valence-corrected chi connectivity index (χ0v) is 13.5. The maximum atomic E-state index is 6.22. The van der Waals surface area contributed by atoms with Gasteiger partial charge >= 0.3 is 0 Å². The lowest BCUT2D eigenvalue weighted by atomic mass is 9.99. The molecule has 0 radical (unpaired) electrons. The second kappa shape index (κ2) is 6.63. The van der Waals surface area contributed by atoms with Gasteiger partial charge in [-0.1, -0.05) is 54.1 Å². The fraction of sp³-hybridized carbons (Fsp3) is 0.0526. The molecule has 1 aromatic heterocycles. The Bertz CT molecular complexity index is 857. The fourth-order valence-corrected chi connectivity index (χ4v) is 2.52. The van der Waals surface area contributed by atoms with Crippen molar-refractivity contribution in [1.29, 1.82) is 0 Å². The molecular formula is C19H16ClN3. The number of nitrogens with two attached hydrogens (primary N) is 1. The minimum atomic E-state index is 0.367. The van der Waals surface area contributed by atoms with E-state index in [-0.39, 0.29) is 0 Å². The molecule has 23 heavy (non-hydrogen) atoms. The zero-order valence-electron chi connectivity index (χ0n) is 12.7. The van der Waals surface area contributed by atoms with Crippen LogP contribution < -0.4 is 5.73 Å². The molecular weight excluding hydrogens is 306 g/mol. The number of pyridine rings is 1. The SMILES string of the molecule is Cc1ccc(C(=Nc2cccnc2Cl)c2ccccc2)c(N)c1. The lowest BCUT2D eigenvalue weighted by molar-refractivity contribution is 1.30. The second-order valence-electron chi connectivity index (χ2n) is 5.23. The van der Waals surface area contributed by atoms with Crippen LogP contribution >= 0.6 is 11.6 Å². The average molecular weight is 322 g/mol. The van der Waals surface area contributed by atoms with E-state index in [2.05, 4.69) is 4.98 Å². The largest absolute Gasteiger partial charge is 0.398 e. The van der Waals surface area contributed by atoms with Gasteiger partial charge in [0.25, 0.3) is 0 Å². The van der Waals surface area contributed by atoms with Crippen molar-refractivity contribution in [2.24, 2.45) is 4.99 Å². The highest BCUT2D eigenvalue weighted by Crippen LogP contribution is 2.26. The molecule has 3 aromatic rings. The Kier molecular flexibility index (Phi) is 4.40. The Morgan fingerprint density at radius 2 is 1.83 bits per heavy atom. The molecule has 0 saturated carbocycles. The molecule has 0 aliphatic rings. The first-order valence-electron chi connectivity index (χ1n) is 7.26. The summed E-state index contributed by atoms with van der Waals surface area (Å²) < 4.78 is 0. The standard InChI is InChI=1S/C19H16ClN3/c1-13-9-10-15(16(21)12-13)18(14-6-3-2-4-7-14)23-17-8-5-11-22-19(17)20/h2-12H,21H2,1H3. The monoisotopic (exact) mass is 321 g/mol. The summed E-state index contributed by atoms with van der Waals surface area (Å²) in [6, 6.07) is 19.5. The predicted molar refractivity (Wildman–Crippen MR) is 96.6 cm³/mol. The number of benzene rings is 2. The van der Waals surface area contributed by atoms with Gasteiger partial charge in [-0.05, 0) is 30.7 Å². The lowest BCUT2D eigenvalue weighted by Crippen LogP contribution is -2.07. The topological polar surface area (TPSA) is 51.3 Å². The van der Waals surface area contributed by atoms with Gasteiger partial charge in [-0.15, -0.1) is 0 Å². The van der Waals surface area contributed by atoms with E-state index in [0.29, 0.717) is 16.5 Å². The van der Waals surface area contributed by atoms with E-state index in [9.17, 15) is 0 Å². The second-order valence-corrected chi connectivity index (χ2v) is 5.59. The van der Waals surface area contributed by atoms with Crippen molar-refractivity contribution in [3.8, 4) is 0 Å². The highest BCUT2D eigenvalue weighted by molar-refractivity contribution is 6.32. The van der Waals surface area contributed by atoms with Crippen molar-refractivity contribution in [1.82, 2.24) is 4.98 Å². The molecule has 2 N–H and O–H groups in total. The van der Waals surface area contributed by atoms with Crippen molar-refractivity contribution in [3.63, 3.8) is 0 Å². The number of aryl methyl sites for hydroxylation is 1. The zero-order chi connectivity index (χ0) is 16.2. The van der Waals surface area contributed by atoms with Crippen molar-refractivity contribution in [3.05, 3.63) is 88.7 Å². The van der Waals surface area contributed by atoms with E-state index in [4.69, 9.17) is 22.3 Å². The summed E-state index contributed by atoms with van der Waals surface area (Å²) in [5, 5.41) is 0.367. The maximum absolute atomic E-state index is 6.22. The first-order valence-corrected chi connectivity index (χ1v) is 7.64. The van der Waals surface area contributed by atoms with Gasteiger partial charge in [0.1, 0.15) is 5.69 Å². The quantitative estimate of drug-likeness (QED) is 0.428. The molecule has 0 saturated heterocycles. The molecule has 0 amide bonds. The number of hydrogen-bond donors (Lipinski definition) is 1. The number of aliphatic imine (C=N–C) groups is 1. The van der Waals surface area contributed by atoms with Crippen LogP contribution in [0, 0.1) is 6.92 Å². The lowest BCUT2D eigenvalue weighted by Gasteiger charge is -2.11. The summed E-state index contributed by atoms with van der Waals surface area (Å²) in [5.41, 5.74) is 11.3. The Morgan fingerprint density at radius 1 is 1.04 bits per heavy atom. The van der Waals surface area contributed by atoms with Crippen LogP contribution in [-0.2, 0) is 0 Å². The summed E-state index contributed by atoms with van der Waals surface area (Å²) in [6.07, 6.45) is 1.64. The molecule has 3 rings (SSSR count). The molecule has 0 spiro atoms. The molecule has 2 aromatic carbocycles. The molecule has 114 valence electrons. The third-order valence-corrected chi connectivity index (χ3v) is 3.77. The van der Waals surface area contributed by atoms with E-state index < -0.39 is 0 Å². The number of nitrogen functional groups attached to an aromatic ring is 1. The van der Waals surface area contributed by atoms with Gasteiger partial charge in [-0.2, -0.15) is 0 Å². The van der Waals surface area contributed by atoms with Crippen molar-refractivity contribution < 1.29 is 0 Å². The van der Waals surface area contributed by atoms with E-state index in [0.717, 1.165) is 22.4 Å². The fourth-order valence-electron chi connectivity index (χ4n) is 2.36. The predicted octanol–water partition coefficient (Wildman–Crippen LogP) is 4.79. The molecule has 0 bridgehead atoms. The number of anilines is 1. The van der Waals surface area contributed by atoms with Crippen molar-refractivity contribution >= 4 is 28.7 Å². The highest BCUT2D eigenvalue weighted by Gasteiger charge is 2.12. The van der Waals surface area contributed by atoms with Crippen LogP contribution in [0.5, 0.6) is 0 Å². The number of aromatic nitrogens is 1. The van der Waals surface area contributed by atoms with Crippen LogP contribution in [0.1, 0.15) is 16.7 Å². The molecule has 0 unspecified atom stereocenters.